The third-order valence-corrected chi connectivity index (χ3v) is 8.03. The van der Waals surface area contributed by atoms with Gasteiger partial charge in [-0.3, -0.25) is 4.79 Å². The van der Waals surface area contributed by atoms with Crippen LogP contribution in [0.4, 0.5) is 4.79 Å². The van der Waals surface area contributed by atoms with Crippen LogP contribution >= 0.6 is 11.6 Å². The highest BCUT2D eigenvalue weighted by Gasteiger charge is 2.41. The molecule has 2 unspecified atom stereocenters. The van der Waals surface area contributed by atoms with E-state index in [9.17, 15) is 14.7 Å². The molecular formula is C27H43ClN4O3. The van der Waals surface area contributed by atoms with Crippen LogP contribution in [0, 0.1) is 11.8 Å². The number of benzene rings is 1. The fraction of sp³-hybridized carbons (Fsp3) is 0.704. The fourth-order valence-corrected chi connectivity index (χ4v) is 6.13. The van der Waals surface area contributed by atoms with E-state index in [4.69, 9.17) is 11.6 Å². The number of likely N-dealkylation sites (tertiary alicyclic amines) is 1. The van der Waals surface area contributed by atoms with E-state index in [0.29, 0.717) is 49.8 Å². The number of halogens is 1. The quantitative estimate of drug-likeness (QED) is 0.254. The number of aliphatic hydroxyl groups is 1. The second kappa shape index (κ2) is 14.0. The van der Waals surface area contributed by atoms with Gasteiger partial charge in [0.1, 0.15) is 0 Å². The summed E-state index contributed by atoms with van der Waals surface area (Å²) in [6.07, 6.45) is 10.9. The summed E-state index contributed by atoms with van der Waals surface area (Å²) in [5.41, 5.74) is -0.352. The summed E-state index contributed by atoms with van der Waals surface area (Å²) >= 11 is 6.27. The number of hydrogen-bond donors (Lipinski definition) is 4. The van der Waals surface area contributed by atoms with E-state index in [1.807, 2.05) is 30.1 Å². The summed E-state index contributed by atoms with van der Waals surface area (Å²) in [5, 5.41) is 21.8. The zero-order valence-corrected chi connectivity index (χ0v) is 21.9. The highest BCUT2D eigenvalue weighted by Crippen LogP contribution is 2.40. The summed E-state index contributed by atoms with van der Waals surface area (Å²) in [6.45, 7) is 2.44. The molecule has 2 fully saturated rings. The van der Waals surface area contributed by atoms with Crippen LogP contribution in [0.15, 0.2) is 24.3 Å². The Morgan fingerprint density at radius 2 is 2.06 bits per heavy atom. The first-order valence-electron chi connectivity index (χ1n) is 13.3. The number of urea groups is 1. The van der Waals surface area contributed by atoms with Gasteiger partial charge in [0.2, 0.25) is 6.41 Å². The minimum atomic E-state index is -1.12. The Labute approximate surface area is 215 Å². The average Bonchev–Trinajstić information content (AvgIpc) is 2.87. The molecule has 1 heterocycles. The number of amides is 3. The van der Waals surface area contributed by atoms with E-state index in [2.05, 4.69) is 16.0 Å². The predicted octanol–water partition coefficient (Wildman–Crippen LogP) is 4.03. The maximum Gasteiger partial charge on any atom is 0.317 e. The molecule has 0 aromatic heterocycles. The van der Waals surface area contributed by atoms with Crippen LogP contribution in [0.5, 0.6) is 0 Å². The van der Waals surface area contributed by atoms with Crippen LogP contribution in [0.2, 0.25) is 5.02 Å². The molecule has 196 valence electrons. The molecular weight excluding hydrogens is 464 g/mol. The van der Waals surface area contributed by atoms with Gasteiger partial charge in [-0.25, -0.2) is 4.79 Å². The van der Waals surface area contributed by atoms with Crippen LogP contribution in [0.1, 0.15) is 69.8 Å². The molecule has 1 aromatic carbocycles. The zero-order chi connectivity index (χ0) is 25.1. The van der Waals surface area contributed by atoms with E-state index in [1.54, 1.807) is 6.07 Å². The molecule has 3 rings (SSSR count). The number of carbonyl (C=O) groups excluding carboxylic acids is 2. The van der Waals surface area contributed by atoms with Crippen LogP contribution in [0.3, 0.4) is 0 Å². The molecule has 8 heteroatoms. The van der Waals surface area contributed by atoms with Crippen molar-refractivity contribution in [1.29, 1.82) is 0 Å². The lowest BCUT2D eigenvalue weighted by Crippen LogP contribution is -2.54. The largest absolute Gasteiger partial charge is 0.385 e. The molecule has 1 aliphatic carbocycles. The van der Waals surface area contributed by atoms with Gasteiger partial charge in [0, 0.05) is 43.2 Å². The lowest BCUT2D eigenvalue weighted by Gasteiger charge is -2.43. The number of rotatable bonds is 12. The van der Waals surface area contributed by atoms with Gasteiger partial charge < -0.3 is 26.0 Å². The van der Waals surface area contributed by atoms with E-state index in [1.165, 1.54) is 32.1 Å². The van der Waals surface area contributed by atoms with Crippen molar-refractivity contribution >= 4 is 24.0 Å². The van der Waals surface area contributed by atoms with Crippen LogP contribution < -0.4 is 16.0 Å². The van der Waals surface area contributed by atoms with Crippen LogP contribution in [-0.4, -0.2) is 61.7 Å². The molecule has 4 N–H and O–H groups in total. The molecule has 35 heavy (non-hydrogen) atoms. The first kappa shape index (κ1) is 27.8. The van der Waals surface area contributed by atoms with Crippen molar-refractivity contribution in [2.45, 2.75) is 75.9 Å². The Bertz CT molecular complexity index is 804. The first-order chi connectivity index (χ1) is 17.0. The molecule has 1 saturated carbocycles. The number of likely N-dealkylation sites (N-methyl/N-ethyl adjacent to an activating group) is 1. The second-order valence-electron chi connectivity index (χ2n) is 10.3. The van der Waals surface area contributed by atoms with E-state index in [-0.39, 0.29) is 18.0 Å². The summed E-state index contributed by atoms with van der Waals surface area (Å²) < 4.78 is 0. The van der Waals surface area contributed by atoms with E-state index in [0.717, 1.165) is 31.4 Å². The van der Waals surface area contributed by atoms with Gasteiger partial charge in [0.05, 0.1) is 5.60 Å². The first-order valence-corrected chi connectivity index (χ1v) is 13.7. The summed E-state index contributed by atoms with van der Waals surface area (Å²) in [5.74, 6) is 0.571. The smallest absolute Gasteiger partial charge is 0.317 e. The summed E-state index contributed by atoms with van der Waals surface area (Å²) in [7, 11) is 1.93. The highest BCUT2D eigenvalue weighted by molar-refractivity contribution is 6.30. The van der Waals surface area contributed by atoms with Crippen LogP contribution in [0.25, 0.3) is 0 Å². The minimum Gasteiger partial charge on any atom is -0.385 e. The lowest BCUT2D eigenvalue weighted by atomic mass is 9.74. The SMILES string of the molecule is CNCC(CC1CCCCC1)NC(=O)N1CCCC([C@@](O)(CCCNC=O)c2cccc(Cl)c2)C1. The van der Waals surface area contributed by atoms with E-state index < -0.39 is 5.60 Å². The van der Waals surface area contributed by atoms with Gasteiger partial charge in [-0.15, -0.1) is 0 Å². The Balaban J connectivity index is 1.68. The van der Waals surface area contributed by atoms with Gasteiger partial charge in [-0.2, -0.15) is 0 Å². The average molecular weight is 507 g/mol. The summed E-state index contributed by atoms with van der Waals surface area (Å²) in [4.78, 5) is 25.9. The monoisotopic (exact) mass is 506 g/mol. The number of nitrogens with one attached hydrogen (secondary N) is 3. The molecule has 1 aliphatic heterocycles. The summed E-state index contributed by atoms with van der Waals surface area (Å²) in [6, 6.07) is 7.45. The molecule has 1 aromatic rings. The van der Waals surface area contributed by atoms with Crippen LogP contribution in [-0.2, 0) is 10.4 Å². The molecule has 3 amide bonds. The maximum absolute atomic E-state index is 13.3. The fourth-order valence-electron chi connectivity index (χ4n) is 5.94. The van der Waals surface area contributed by atoms with Gasteiger partial charge in [0.25, 0.3) is 0 Å². The standard InChI is InChI=1S/C27H43ClN4O3/c1-29-18-25(16-21-8-3-2-4-9-21)31-26(34)32-15-6-11-23(19-32)27(35,13-7-14-30-20-33)22-10-5-12-24(28)17-22/h5,10,12,17,20-21,23,25,29,35H,2-4,6-9,11,13-16,18-19H2,1H3,(H,30,33)(H,31,34)/t23?,25?,27-/m1/s1. The third kappa shape index (κ3) is 8.09. The third-order valence-electron chi connectivity index (χ3n) is 7.79. The van der Waals surface area contributed by atoms with Gasteiger partial charge in [0.15, 0.2) is 0 Å². The Kier molecular flexibility index (Phi) is 11.1. The molecule has 0 bridgehead atoms. The molecule has 2 aliphatic rings. The number of carbonyl (C=O) groups is 2. The number of hydrogen-bond acceptors (Lipinski definition) is 4. The molecule has 0 spiro atoms. The van der Waals surface area contributed by atoms with Crippen molar-refractivity contribution in [1.82, 2.24) is 20.9 Å². The minimum absolute atomic E-state index is 0.0400. The molecule has 1 saturated heterocycles. The van der Waals surface area contributed by atoms with Crippen molar-refractivity contribution in [2.75, 3.05) is 33.2 Å². The zero-order valence-electron chi connectivity index (χ0n) is 21.1. The molecule has 7 nitrogen and oxygen atoms in total. The van der Waals surface area contributed by atoms with Crippen molar-refractivity contribution in [3.8, 4) is 0 Å². The second-order valence-corrected chi connectivity index (χ2v) is 10.8. The molecule has 3 atom stereocenters. The Hall–Kier alpha value is -1.83. The maximum atomic E-state index is 13.3. The van der Waals surface area contributed by atoms with Gasteiger partial charge >= 0.3 is 6.03 Å². The lowest BCUT2D eigenvalue weighted by molar-refractivity contribution is -0.109. The Morgan fingerprint density at radius 1 is 1.26 bits per heavy atom. The normalized spacial score (nSPS) is 21.7. The number of piperidine rings is 1. The Morgan fingerprint density at radius 3 is 2.77 bits per heavy atom. The van der Waals surface area contributed by atoms with Crippen molar-refractivity contribution < 1.29 is 14.7 Å². The number of nitrogens with zero attached hydrogens (tertiary/aromatic N) is 1. The molecule has 0 radical (unpaired) electrons. The van der Waals surface area contributed by atoms with E-state index >= 15 is 0 Å². The van der Waals surface area contributed by atoms with Gasteiger partial charge in [-0.1, -0.05) is 55.8 Å². The topological polar surface area (TPSA) is 93.7 Å². The van der Waals surface area contributed by atoms with Crippen molar-refractivity contribution in [2.24, 2.45) is 11.8 Å². The van der Waals surface area contributed by atoms with Gasteiger partial charge in [-0.05, 0) is 62.8 Å². The van der Waals surface area contributed by atoms with Crippen molar-refractivity contribution in [3.63, 3.8) is 0 Å². The van der Waals surface area contributed by atoms with Crippen molar-refractivity contribution in [3.05, 3.63) is 34.9 Å². The predicted molar refractivity (Wildman–Crippen MR) is 140 cm³/mol. The highest BCUT2D eigenvalue weighted by atomic mass is 35.5.